The Bertz CT molecular complexity index is 731. The van der Waals surface area contributed by atoms with Crippen LogP contribution in [0.25, 0.3) is 22.3 Å². The van der Waals surface area contributed by atoms with Gasteiger partial charge in [0, 0.05) is 11.8 Å². The van der Waals surface area contributed by atoms with E-state index in [1.165, 1.54) is 11.1 Å². The summed E-state index contributed by atoms with van der Waals surface area (Å²) in [6, 6.07) is 10.3. The molecule has 4 rings (SSSR count). The van der Waals surface area contributed by atoms with Crippen LogP contribution in [0.4, 0.5) is 0 Å². The molecule has 0 saturated heterocycles. The molecule has 1 aliphatic carbocycles. The lowest BCUT2D eigenvalue weighted by molar-refractivity contribution is 0.884. The topological polar surface area (TPSA) is 51.6 Å². The smallest absolute Gasteiger partial charge is 0.186 e. The van der Waals surface area contributed by atoms with Crippen LogP contribution in [-0.2, 0) is 6.42 Å². The van der Waals surface area contributed by atoms with E-state index in [1.54, 1.807) is 6.20 Å². The second-order valence-electron chi connectivity index (χ2n) is 4.14. The van der Waals surface area contributed by atoms with Crippen molar-refractivity contribution in [1.29, 1.82) is 0 Å². The van der Waals surface area contributed by atoms with Crippen LogP contribution in [0.2, 0.25) is 0 Å². The summed E-state index contributed by atoms with van der Waals surface area (Å²) in [5.74, 6) is 0. The van der Waals surface area contributed by atoms with Gasteiger partial charge in [-0.15, -0.1) is 10.2 Å². The van der Waals surface area contributed by atoms with Gasteiger partial charge in [-0.2, -0.15) is 0 Å². The first kappa shape index (κ1) is 8.75. The largest absolute Gasteiger partial charge is 0.235 e. The van der Waals surface area contributed by atoms with Crippen molar-refractivity contribution in [3.63, 3.8) is 0 Å². The van der Waals surface area contributed by atoms with E-state index >= 15 is 0 Å². The molecule has 0 bridgehead atoms. The molecule has 2 heterocycles. The number of nitrogens with zero attached hydrogens (tertiary/aromatic N) is 4. The molecular formula is C13H8N4. The second kappa shape index (κ2) is 3.07. The highest BCUT2D eigenvalue weighted by molar-refractivity contribution is 5.95. The summed E-state index contributed by atoms with van der Waals surface area (Å²) in [6.07, 6.45) is 2.69. The van der Waals surface area contributed by atoms with E-state index in [0.29, 0.717) is 5.65 Å². The summed E-state index contributed by atoms with van der Waals surface area (Å²) >= 11 is 0. The first-order valence-corrected chi connectivity index (χ1v) is 5.49. The molecule has 2 aromatic heterocycles. The zero-order chi connectivity index (χ0) is 11.2. The van der Waals surface area contributed by atoms with Gasteiger partial charge in [0.1, 0.15) is 5.69 Å². The average molecular weight is 220 g/mol. The molecule has 0 amide bonds. The van der Waals surface area contributed by atoms with E-state index in [1.807, 2.05) is 12.1 Å². The third-order valence-electron chi connectivity index (χ3n) is 3.19. The normalized spacial score (nSPS) is 12.5. The minimum Gasteiger partial charge on any atom is -0.235 e. The van der Waals surface area contributed by atoms with Crippen molar-refractivity contribution in [3.8, 4) is 11.3 Å². The van der Waals surface area contributed by atoms with Crippen LogP contribution in [0.1, 0.15) is 11.1 Å². The molecule has 0 saturated carbocycles. The molecule has 0 spiro atoms. The van der Waals surface area contributed by atoms with Crippen molar-refractivity contribution in [2.75, 3.05) is 0 Å². The van der Waals surface area contributed by atoms with E-state index in [9.17, 15) is 0 Å². The van der Waals surface area contributed by atoms with Gasteiger partial charge in [-0.3, -0.25) is 0 Å². The molecule has 4 nitrogen and oxygen atoms in total. The molecule has 3 aromatic rings. The summed E-state index contributed by atoms with van der Waals surface area (Å²) < 4.78 is 0. The molecule has 1 aromatic carbocycles. The summed E-state index contributed by atoms with van der Waals surface area (Å²) in [7, 11) is 0. The lowest BCUT2D eigenvalue weighted by Gasteiger charge is -2.17. The summed E-state index contributed by atoms with van der Waals surface area (Å²) in [5, 5.41) is 13.0. The standard InChI is InChI=1S/C13H8N4/c1-2-4-10-8(3-1)7-9-5-6-14-13-11(9)12(10)15-17-16-13/h1-6H,7H2. The average Bonchev–Trinajstić information content (AvgIpc) is 2.39. The monoisotopic (exact) mass is 220 g/mol. The van der Waals surface area contributed by atoms with Crippen LogP contribution >= 0.6 is 0 Å². The minimum atomic E-state index is 0.682. The van der Waals surface area contributed by atoms with Gasteiger partial charge in [0.15, 0.2) is 5.65 Å². The summed E-state index contributed by atoms with van der Waals surface area (Å²) in [4.78, 5) is 4.24. The van der Waals surface area contributed by atoms with E-state index < -0.39 is 0 Å². The molecule has 0 aliphatic heterocycles. The molecular weight excluding hydrogens is 212 g/mol. The summed E-state index contributed by atoms with van der Waals surface area (Å²) in [6.45, 7) is 0. The predicted octanol–water partition coefficient (Wildman–Crippen LogP) is 1.99. The van der Waals surface area contributed by atoms with Crippen molar-refractivity contribution in [2.24, 2.45) is 0 Å². The zero-order valence-corrected chi connectivity index (χ0v) is 8.96. The van der Waals surface area contributed by atoms with Crippen molar-refractivity contribution in [1.82, 2.24) is 20.4 Å². The molecule has 0 atom stereocenters. The fraction of sp³-hybridized carbons (Fsp3) is 0.0769. The highest BCUT2D eigenvalue weighted by Gasteiger charge is 2.20. The van der Waals surface area contributed by atoms with Crippen LogP contribution in [0.15, 0.2) is 36.5 Å². The highest BCUT2D eigenvalue weighted by Crippen LogP contribution is 2.35. The van der Waals surface area contributed by atoms with Gasteiger partial charge >= 0.3 is 0 Å². The van der Waals surface area contributed by atoms with Gasteiger partial charge in [0.05, 0.1) is 5.39 Å². The number of benzene rings is 1. The highest BCUT2D eigenvalue weighted by atomic mass is 15.3. The van der Waals surface area contributed by atoms with Crippen LogP contribution < -0.4 is 0 Å². The van der Waals surface area contributed by atoms with Crippen LogP contribution in [-0.4, -0.2) is 20.4 Å². The maximum absolute atomic E-state index is 4.24. The molecule has 80 valence electrons. The third kappa shape index (κ3) is 1.12. The fourth-order valence-corrected chi connectivity index (χ4v) is 2.43. The molecule has 0 radical (unpaired) electrons. The summed E-state index contributed by atoms with van der Waals surface area (Å²) in [5.41, 5.74) is 5.24. The van der Waals surface area contributed by atoms with Crippen molar-refractivity contribution < 1.29 is 0 Å². The Balaban J connectivity index is 2.22. The second-order valence-corrected chi connectivity index (χ2v) is 4.14. The van der Waals surface area contributed by atoms with Gasteiger partial charge in [-0.05, 0) is 28.8 Å². The lowest BCUT2D eigenvalue weighted by Crippen LogP contribution is -2.06. The Labute approximate surface area is 97.3 Å². The maximum Gasteiger partial charge on any atom is 0.186 e. The van der Waals surface area contributed by atoms with Crippen molar-refractivity contribution in [2.45, 2.75) is 6.42 Å². The van der Waals surface area contributed by atoms with Crippen molar-refractivity contribution >= 4 is 11.0 Å². The minimum absolute atomic E-state index is 0.682. The number of rotatable bonds is 0. The fourth-order valence-electron chi connectivity index (χ4n) is 2.43. The predicted molar refractivity (Wildman–Crippen MR) is 63.4 cm³/mol. The van der Waals surface area contributed by atoms with Gasteiger partial charge in [0.25, 0.3) is 0 Å². The Hall–Kier alpha value is -2.36. The molecule has 4 heteroatoms. The molecule has 0 fully saturated rings. The van der Waals surface area contributed by atoms with E-state index in [4.69, 9.17) is 0 Å². The molecule has 0 N–H and O–H groups in total. The van der Waals surface area contributed by atoms with E-state index in [0.717, 1.165) is 23.1 Å². The molecule has 17 heavy (non-hydrogen) atoms. The zero-order valence-electron chi connectivity index (χ0n) is 8.96. The Morgan fingerprint density at radius 3 is 2.88 bits per heavy atom. The SMILES string of the molecule is c1ccc2c(c1)Cc1ccnc3nnnc-2c13. The molecule has 1 aliphatic rings. The Kier molecular flexibility index (Phi) is 1.58. The maximum atomic E-state index is 4.24. The van der Waals surface area contributed by atoms with Gasteiger partial charge in [0.2, 0.25) is 0 Å². The van der Waals surface area contributed by atoms with Gasteiger partial charge in [-0.1, -0.05) is 24.3 Å². The Morgan fingerprint density at radius 1 is 0.941 bits per heavy atom. The van der Waals surface area contributed by atoms with E-state index in [-0.39, 0.29) is 0 Å². The number of aromatic nitrogens is 4. The number of hydrogen-bond donors (Lipinski definition) is 0. The van der Waals surface area contributed by atoms with Gasteiger partial charge in [-0.25, -0.2) is 4.98 Å². The van der Waals surface area contributed by atoms with E-state index in [2.05, 4.69) is 38.6 Å². The van der Waals surface area contributed by atoms with Crippen LogP contribution in [0.5, 0.6) is 0 Å². The van der Waals surface area contributed by atoms with Gasteiger partial charge < -0.3 is 0 Å². The van der Waals surface area contributed by atoms with Crippen molar-refractivity contribution in [3.05, 3.63) is 47.7 Å². The first-order chi connectivity index (χ1) is 8.43. The van der Waals surface area contributed by atoms with Crippen LogP contribution in [0.3, 0.4) is 0 Å². The Morgan fingerprint density at radius 2 is 1.88 bits per heavy atom. The number of fused-ring (bicyclic) bond motifs is 2. The van der Waals surface area contributed by atoms with Crippen LogP contribution in [0, 0.1) is 0 Å². The lowest BCUT2D eigenvalue weighted by atomic mass is 9.89. The number of pyridine rings is 1. The quantitative estimate of drug-likeness (QED) is 0.454. The molecule has 0 unspecified atom stereocenters. The number of hydrogen-bond acceptors (Lipinski definition) is 4. The first-order valence-electron chi connectivity index (χ1n) is 5.49. The third-order valence-corrected chi connectivity index (χ3v) is 3.19.